The molecule has 10 heteroatoms. The Balaban J connectivity index is 0.00000364. The van der Waals surface area contributed by atoms with Gasteiger partial charge in [-0.25, -0.2) is 12.7 Å². The van der Waals surface area contributed by atoms with Gasteiger partial charge in [0.25, 0.3) is 0 Å². The molecule has 27 heavy (non-hydrogen) atoms. The smallest absolute Gasteiger partial charge is 0.211 e. The molecule has 0 saturated carbocycles. The van der Waals surface area contributed by atoms with Crippen molar-refractivity contribution in [3.05, 3.63) is 18.2 Å². The van der Waals surface area contributed by atoms with E-state index in [0.717, 1.165) is 12.1 Å². The second kappa shape index (κ2) is 10.9. The van der Waals surface area contributed by atoms with Gasteiger partial charge in [0.2, 0.25) is 10.0 Å². The number of nitrogens with zero attached hydrogens (tertiary/aromatic N) is 2. The van der Waals surface area contributed by atoms with Crippen molar-refractivity contribution in [2.75, 3.05) is 52.0 Å². The van der Waals surface area contributed by atoms with Crippen molar-refractivity contribution in [1.29, 1.82) is 0 Å². The van der Waals surface area contributed by atoms with Crippen LogP contribution in [-0.4, -0.2) is 65.3 Å². The van der Waals surface area contributed by atoms with Crippen LogP contribution < -0.4 is 20.1 Å². The Bertz CT molecular complexity index is 742. The topological polar surface area (TPSA) is 92.3 Å². The quantitative estimate of drug-likeness (QED) is 0.330. The highest BCUT2D eigenvalue weighted by Gasteiger charge is 2.28. The fourth-order valence-corrected chi connectivity index (χ4v) is 3.76. The monoisotopic (exact) mass is 512 g/mol. The van der Waals surface area contributed by atoms with E-state index in [2.05, 4.69) is 15.6 Å². The third-order valence-electron chi connectivity index (χ3n) is 4.23. The number of nitrogens with one attached hydrogen (secondary N) is 2. The highest BCUT2D eigenvalue weighted by atomic mass is 127. The van der Waals surface area contributed by atoms with Gasteiger partial charge < -0.3 is 20.1 Å². The van der Waals surface area contributed by atoms with Crippen LogP contribution in [0, 0.1) is 5.92 Å². The van der Waals surface area contributed by atoms with Crippen molar-refractivity contribution in [1.82, 2.24) is 9.62 Å². The van der Waals surface area contributed by atoms with Crippen LogP contribution in [0.3, 0.4) is 0 Å². The number of hydrogen-bond acceptors (Lipinski definition) is 5. The molecule has 1 atom stereocenters. The lowest BCUT2D eigenvalue weighted by Crippen LogP contribution is -2.36. The third-order valence-corrected chi connectivity index (χ3v) is 5.50. The van der Waals surface area contributed by atoms with Crippen molar-refractivity contribution in [3.63, 3.8) is 0 Å². The molecular weight excluding hydrogens is 483 g/mol. The molecule has 1 aliphatic heterocycles. The van der Waals surface area contributed by atoms with Gasteiger partial charge in [-0.2, -0.15) is 0 Å². The Morgan fingerprint density at radius 1 is 1.37 bits per heavy atom. The van der Waals surface area contributed by atoms with E-state index in [-0.39, 0.29) is 29.9 Å². The highest BCUT2D eigenvalue weighted by Crippen LogP contribution is 2.30. The average Bonchev–Trinajstić information content (AvgIpc) is 3.08. The molecule has 1 aromatic rings. The number of guanidine groups is 1. The van der Waals surface area contributed by atoms with Crippen LogP contribution in [-0.2, 0) is 10.0 Å². The number of benzene rings is 1. The van der Waals surface area contributed by atoms with Crippen LogP contribution in [0.25, 0.3) is 0 Å². The summed E-state index contributed by atoms with van der Waals surface area (Å²) in [5.74, 6) is 2.22. The zero-order valence-electron chi connectivity index (χ0n) is 16.2. The van der Waals surface area contributed by atoms with Gasteiger partial charge in [0.15, 0.2) is 17.5 Å². The number of anilines is 1. The number of rotatable bonds is 7. The molecule has 8 nitrogen and oxygen atoms in total. The fraction of sp³-hybridized carbons (Fsp3) is 0.588. The molecule has 1 fully saturated rings. The van der Waals surface area contributed by atoms with Gasteiger partial charge in [0.1, 0.15) is 0 Å². The summed E-state index contributed by atoms with van der Waals surface area (Å²) in [6, 6.07) is 5.58. The Morgan fingerprint density at radius 2 is 2.11 bits per heavy atom. The number of sulfonamides is 1. The number of hydrogen-bond donors (Lipinski definition) is 2. The first kappa shape index (κ1) is 23.8. The van der Waals surface area contributed by atoms with Crippen molar-refractivity contribution in [2.24, 2.45) is 10.9 Å². The first-order chi connectivity index (χ1) is 12.4. The second-order valence-corrected chi connectivity index (χ2v) is 8.13. The van der Waals surface area contributed by atoms with E-state index in [1.807, 2.05) is 25.1 Å². The second-order valence-electron chi connectivity index (χ2n) is 6.15. The number of ether oxygens (including phenoxy) is 2. The molecule has 0 aliphatic carbocycles. The molecule has 1 saturated heterocycles. The molecule has 1 aromatic carbocycles. The minimum absolute atomic E-state index is 0. The predicted molar refractivity (Wildman–Crippen MR) is 119 cm³/mol. The standard InChI is InChI=1S/C17H28N4O4S.HI/c1-5-25-16-10-14(6-7-15(16)24-3)20-17(18-2)19-11-13-8-9-21(12-13)26(4,22)23;/h6-7,10,13H,5,8-9,11-12H2,1-4H3,(H2,18,19,20);1H. The van der Waals surface area contributed by atoms with E-state index in [1.54, 1.807) is 14.2 Å². The zero-order chi connectivity index (χ0) is 19.2. The predicted octanol–water partition coefficient (Wildman–Crippen LogP) is 1.98. The minimum atomic E-state index is -3.11. The molecule has 0 bridgehead atoms. The van der Waals surface area contributed by atoms with E-state index in [0.29, 0.717) is 43.7 Å². The van der Waals surface area contributed by atoms with Crippen LogP contribution in [0.15, 0.2) is 23.2 Å². The van der Waals surface area contributed by atoms with Crippen LogP contribution in [0.1, 0.15) is 13.3 Å². The summed E-state index contributed by atoms with van der Waals surface area (Å²) >= 11 is 0. The lowest BCUT2D eigenvalue weighted by Gasteiger charge is -2.17. The maximum absolute atomic E-state index is 11.6. The number of halogens is 1. The Hall–Kier alpha value is -1.27. The Morgan fingerprint density at radius 3 is 2.67 bits per heavy atom. The summed E-state index contributed by atoms with van der Waals surface area (Å²) in [4.78, 5) is 4.22. The minimum Gasteiger partial charge on any atom is -0.493 e. The number of aliphatic imine (C=N–C) groups is 1. The summed E-state index contributed by atoms with van der Waals surface area (Å²) in [6.45, 7) is 4.24. The molecule has 0 aromatic heterocycles. The van der Waals surface area contributed by atoms with Gasteiger partial charge in [-0.15, -0.1) is 24.0 Å². The van der Waals surface area contributed by atoms with Gasteiger partial charge in [0, 0.05) is 38.4 Å². The lowest BCUT2D eigenvalue weighted by molar-refractivity contribution is 0.311. The largest absolute Gasteiger partial charge is 0.493 e. The molecular formula is C17H29IN4O4S. The Kier molecular flexibility index (Phi) is 9.60. The summed E-state index contributed by atoms with van der Waals surface area (Å²) in [5, 5.41) is 6.47. The maximum Gasteiger partial charge on any atom is 0.211 e. The molecule has 0 spiro atoms. The fourth-order valence-electron chi connectivity index (χ4n) is 2.84. The van der Waals surface area contributed by atoms with E-state index in [9.17, 15) is 8.42 Å². The van der Waals surface area contributed by atoms with Gasteiger partial charge >= 0.3 is 0 Å². The Labute approximate surface area is 178 Å². The van der Waals surface area contributed by atoms with E-state index < -0.39 is 10.0 Å². The van der Waals surface area contributed by atoms with Crippen molar-refractivity contribution in [3.8, 4) is 11.5 Å². The lowest BCUT2D eigenvalue weighted by atomic mass is 10.1. The van der Waals surface area contributed by atoms with Crippen LogP contribution in [0.5, 0.6) is 11.5 Å². The molecule has 1 aliphatic rings. The van der Waals surface area contributed by atoms with Gasteiger partial charge in [0.05, 0.1) is 20.0 Å². The highest BCUT2D eigenvalue weighted by molar-refractivity contribution is 14.0. The van der Waals surface area contributed by atoms with Crippen LogP contribution in [0.2, 0.25) is 0 Å². The van der Waals surface area contributed by atoms with Gasteiger partial charge in [-0.1, -0.05) is 0 Å². The summed E-state index contributed by atoms with van der Waals surface area (Å²) < 4.78 is 35.6. The van der Waals surface area contributed by atoms with Crippen molar-refractivity contribution in [2.45, 2.75) is 13.3 Å². The average molecular weight is 512 g/mol. The van der Waals surface area contributed by atoms with Crippen molar-refractivity contribution >= 4 is 45.6 Å². The first-order valence-corrected chi connectivity index (χ1v) is 10.5. The number of methoxy groups -OCH3 is 1. The molecule has 1 unspecified atom stereocenters. The molecule has 1 heterocycles. The third kappa shape index (κ3) is 7.00. The SMILES string of the molecule is CCOc1cc(NC(=NC)NCC2CCN(S(C)(=O)=O)C2)ccc1OC.I. The van der Waals surface area contributed by atoms with E-state index in [4.69, 9.17) is 9.47 Å². The molecule has 2 N–H and O–H groups in total. The normalized spacial score (nSPS) is 17.9. The van der Waals surface area contributed by atoms with Crippen LogP contribution >= 0.6 is 24.0 Å². The van der Waals surface area contributed by atoms with Crippen molar-refractivity contribution < 1.29 is 17.9 Å². The van der Waals surface area contributed by atoms with E-state index >= 15 is 0 Å². The molecule has 2 rings (SSSR count). The molecule has 0 radical (unpaired) electrons. The molecule has 154 valence electrons. The summed E-state index contributed by atoms with van der Waals surface area (Å²) in [7, 11) is 0.187. The summed E-state index contributed by atoms with van der Waals surface area (Å²) in [5.41, 5.74) is 0.825. The van der Waals surface area contributed by atoms with Crippen LogP contribution in [0.4, 0.5) is 5.69 Å². The first-order valence-electron chi connectivity index (χ1n) is 8.61. The maximum atomic E-state index is 11.6. The zero-order valence-corrected chi connectivity index (χ0v) is 19.3. The van der Waals surface area contributed by atoms with E-state index in [1.165, 1.54) is 10.6 Å². The molecule has 0 amide bonds. The van der Waals surface area contributed by atoms with Gasteiger partial charge in [-0.05, 0) is 31.4 Å². The van der Waals surface area contributed by atoms with Gasteiger partial charge in [-0.3, -0.25) is 4.99 Å². The summed E-state index contributed by atoms with van der Waals surface area (Å²) in [6.07, 6.45) is 2.09.